The Morgan fingerprint density at radius 3 is 2.75 bits per heavy atom. The van der Waals surface area contributed by atoms with E-state index in [1.807, 2.05) is 0 Å². The summed E-state index contributed by atoms with van der Waals surface area (Å²) in [4.78, 5) is 0. The Balaban J connectivity index is 2.51. The molecule has 0 saturated heterocycles. The van der Waals surface area contributed by atoms with E-state index in [2.05, 4.69) is 55.1 Å². The van der Waals surface area contributed by atoms with Crippen LogP contribution in [0.1, 0.15) is 58.7 Å². The van der Waals surface area contributed by atoms with Crippen LogP contribution in [-0.2, 0) is 11.2 Å². The van der Waals surface area contributed by atoms with Crippen LogP contribution < -0.4 is 5.32 Å². The number of nitrogens with one attached hydrogen (secondary N) is 1. The number of aromatic nitrogens is 2. The molecule has 1 aromatic rings. The van der Waals surface area contributed by atoms with Gasteiger partial charge in [0.05, 0.1) is 12.3 Å². The molecule has 0 bridgehead atoms. The Morgan fingerprint density at radius 1 is 1.30 bits per heavy atom. The summed E-state index contributed by atoms with van der Waals surface area (Å²) in [5.41, 5.74) is 1.15. The SMILES string of the molecule is CCCNC(COCCC)Cc1ccn(C(C)CC)n1. The van der Waals surface area contributed by atoms with Crippen LogP contribution in [0.25, 0.3) is 0 Å². The Hall–Kier alpha value is -0.870. The fraction of sp³-hybridized carbons (Fsp3) is 0.812. The monoisotopic (exact) mass is 281 g/mol. The van der Waals surface area contributed by atoms with Crippen LogP contribution in [0.4, 0.5) is 0 Å². The van der Waals surface area contributed by atoms with Gasteiger partial charge < -0.3 is 10.1 Å². The molecule has 2 unspecified atom stereocenters. The summed E-state index contributed by atoms with van der Waals surface area (Å²) in [6, 6.07) is 2.97. The molecule has 116 valence electrons. The maximum atomic E-state index is 5.69. The molecule has 20 heavy (non-hydrogen) atoms. The average molecular weight is 281 g/mol. The smallest absolute Gasteiger partial charge is 0.0641 e. The van der Waals surface area contributed by atoms with Gasteiger partial charge in [0.1, 0.15) is 0 Å². The first-order valence-electron chi connectivity index (χ1n) is 8.06. The second-order valence-electron chi connectivity index (χ2n) is 5.47. The van der Waals surface area contributed by atoms with Crippen LogP contribution in [-0.4, -0.2) is 35.6 Å². The quantitative estimate of drug-likeness (QED) is 0.633. The summed E-state index contributed by atoms with van der Waals surface area (Å²) in [5.74, 6) is 0. The van der Waals surface area contributed by atoms with Gasteiger partial charge in [-0.15, -0.1) is 0 Å². The summed E-state index contributed by atoms with van der Waals surface area (Å²) < 4.78 is 7.76. The summed E-state index contributed by atoms with van der Waals surface area (Å²) in [5, 5.41) is 8.23. The molecule has 0 spiro atoms. The van der Waals surface area contributed by atoms with Crippen LogP contribution in [0.3, 0.4) is 0 Å². The maximum Gasteiger partial charge on any atom is 0.0641 e. The zero-order chi connectivity index (χ0) is 14.8. The standard InChI is InChI=1S/C16H31N3O/c1-5-9-17-16(13-20-11-6-2)12-15-8-10-19(18-15)14(4)7-3/h8,10,14,16-17H,5-7,9,11-13H2,1-4H3. The van der Waals surface area contributed by atoms with Crippen LogP contribution >= 0.6 is 0 Å². The molecular formula is C16H31N3O. The Kier molecular flexibility index (Phi) is 8.54. The lowest BCUT2D eigenvalue weighted by Gasteiger charge is -2.17. The van der Waals surface area contributed by atoms with Crippen molar-refractivity contribution < 1.29 is 4.74 Å². The normalized spacial score (nSPS) is 14.4. The lowest BCUT2D eigenvalue weighted by Crippen LogP contribution is -2.36. The van der Waals surface area contributed by atoms with Gasteiger partial charge in [0.25, 0.3) is 0 Å². The lowest BCUT2D eigenvalue weighted by molar-refractivity contribution is 0.111. The third-order valence-corrected chi connectivity index (χ3v) is 3.51. The molecule has 4 heteroatoms. The number of ether oxygens (including phenoxy) is 1. The molecular weight excluding hydrogens is 250 g/mol. The van der Waals surface area contributed by atoms with Gasteiger partial charge in [-0.25, -0.2) is 0 Å². The van der Waals surface area contributed by atoms with Crippen molar-refractivity contribution in [2.24, 2.45) is 0 Å². The second kappa shape index (κ2) is 9.94. The number of nitrogens with zero attached hydrogens (tertiary/aromatic N) is 2. The van der Waals surface area contributed by atoms with Crippen LogP contribution in [0.15, 0.2) is 12.3 Å². The highest BCUT2D eigenvalue weighted by atomic mass is 16.5. The van der Waals surface area contributed by atoms with Crippen molar-refractivity contribution in [3.8, 4) is 0 Å². The Labute approximate surface area is 123 Å². The maximum absolute atomic E-state index is 5.69. The molecule has 0 aliphatic rings. The summed E-state index contributed by atoms with van der Waals surface area (Å²) >= 11 is 0. The molecule has 0 saturated carbocycles. The zero-order valence-corrected chi connectivity index (χ0v) is 13.6. The molecule has 0 aliphatic heterocycles. The number of hydrogen-bond donors (Lipinski definition) is 1. The first-order valence-corrected chi connectivity index (χ1v) is 8.06. The van der Waals surface area contributed by atoms with E-state index in [4.69, 9.17) is 4.74 Å². The lowest BCUT2D eigenvalue weighted by atomic mass is 10.1. The minimum absolute atomic E-state index is 0.363. The van der Waals surface area contributed by atoms with Crippen LogP contribution in [0.2, 0.25) is 0 Å². The molecule has 1 N–H and O–H groups in total. The second-order valence-corrected chi connectivity index (χ2v) is 5.47. The molecule has 0 amide bonds. The largest absolute Gasteiger partial charge is 0.380 e. The topological polar surface area (TPSA) is 39.1 Å². The van der Waals surface area contributed by atoms with Gasteiger partial charge in [-0.2, -0.15) is 5.10 Å². The predicted molar refractivity (Wildman–Crippen MR) is 84.1 cm³/mol. The van der Waals surface area contributed by atoms with E-state index < -0.39 is 0 Å². The van der Waals surface area contributed by atoms with Crippen molar-refractivity contribution in [3.63, 3.8) is 0 Å². The van der Waals surface area contributed by atoms with Gasteiger partial charge in [-0.3, -0.25) is 4.68 Å². The first-order chi connectivity index (χ1) is 9.71. The van der Waals surface area contributed by atoms with E-state index in [1.54, 1.807) is 0 Å². The van der Waals surface area contributed by atoms with Gasteiger partial charge in [0, 0.05) is 31.3 Å². The van der Waals surface area contributed by atoms with E-state index in [0.717, 1.165) is 51.1 Å². The first kappa shape index (κ1) is 17.2. The minimum atomic E-state index is 0.363. The summed E-state index contributed by atoms with van der Waals surface area (Å²) in [6.07, 6.45) is 6.35. The van der Waals surface area contributed by atoms with Crippen LogP contribution in [0.5, 0.6) is 0 Å². The minimum Gasteiger partial charge on any atom is -0.380 e. The van der Waals surface area contributed by atoms with Crippen molar-refractivity contribution >= 4 is 0 Å². The average Bonchev–Trinajstić information content (AvgIpc) is 2.92. The van der Waals surface area contributed by atoms with E-state index in [1.165, 1.54) is 0 Å². The molecule has 0 aromatic carbocycles. The van der Waals surface area contributed by atoms with Gasteiger partial charge in [0.15, 0.2) is 0 Å². The van der Waals surface area contributed by atoms with E-state index in [-0.39, 0.29) is 0 Å². The van der Waals surface area contributed by atoms with Crippen molar-refractivity contribution in [1.82, 2.24) is 15.1 Å². The Morgan fingerprint density at radius 2 is 2.10 bits per heavy atom. The number of hydrogen-bond acceptors (Lipinski definition) is 3. The molecule has 0 aliphatic carbocycles. The van der Waals surface area contributed by atoms with Gasteiger partial charge in [-0.05, 0) is 38.8 Å². The molecule has 1 rings (SSSR count). The highest BCUT2D eigenvalue weighted by molar-refractivity contribution is 5.02. The predicted octanol–water partition coefficient (Wildman–Crippen LogP) is 3.19. The van der Waals surface area contributed by atoms with Crippen LogP contribution in [0, 0.1) is 0 Å². The zero-order valence-electron chi connectivity index (χ0n) is 13.6. The van der Waals surface area contributed by atoms with E-state index >= 15 is 0 Å². The van der Waals surface area contributed by atoms with E-state index in [9.17, 15) is 0 Å². The van der Waals surface area contributed by atoms with E-state index in [0.29, 0.717) is 12.1 Å². The molecule has 1 heterocycles. The Bertz CT molecular complexity index is 351. The third-order valence-electron chi connectivity index (χ3n) is 3.51. The van der Waals surface area contributed by atoms with Gasteiger partial charge in [-0.1, -0.05) is 20.8 Å². The van der Waals surface area contributed by atoms with Gasteiger partial charge in [0.2, 0.25) is 0 Å². The highest BCUT2D eigenvalue weighted by Crippen LogP contribution is 2.10. The third kappa shape index (κ3) is 6.06. The van der Waals surface area contributed by atoms with Crippen molar-refractivity contribution in [1.29, 1.82) is 0 Å². The van der Waals surface area contributed by atoms with Gasteiger partial charge >= 0.3 is 0 Å². The molecule has 0 fully saturated rings. The molecule has 1 aromatic heterocycles. The fourth-order valence-electron chi connectivity index (χ4n) is 2.08. The van der Waals surface area contributed by atoms with Crippen molar-refractivity contribution in [2.75, 3.05) is 19.8 Å². The molecule has 2 atom stereocenters. The molecule has 4 nitrogen and oxygen atoms in total. The number of rotatable bonds is 11. The molecule has 0 radical (unpaired) electrons. The summed E-state index contributed by atoms with van der Waals surface area (Å²) in [7, 11) is 0. The highest BCUT2D eigenvalue weighted by Gasteiger charge is 2.12. The van der Waals surface area contributed by atoms with Crippen molar-refractivity contribution in [2.45, 2.75) is 65.5 Å². The summed E-state index contributed by atoms with van der Waals surface area (Å²) in [6.45, 7) is 11.4. The fourth-order valence-corrected chi connectivity index (χ4v) is 2.08. The van der Waals surface area contributed by atoms with Crippen molar-refractivity contribution in [3.05, 3.63) is 18.0 Å².